The zero-order valence-corrected chi connectivity index (χ0v) is 13.5. The number of allylic oxidation sites excluding steroid dienone is 5. The maximum atomic E-state index is 5.42. The predicted molar refractivity (Wildman–Crippen MR) is 93.0 cm³/mol. The van der Waals surface area contributed by atoms with Gasteiger partial charge >= 0.3 is 0 Å². The van der Waals surface area contributed by atoms with Crippen molar-refractivity contribution in [2.45, 2.75) is 39.5 Å². The smallest absolute Gasteiger partial charge is 0.0210 e. The molecule has 0 fully saturated rings. The third-order valence-electron chi connectivity index (χ3n) is 3.91. The minimum atomic E-state index is 0.00216. The van der Waals surface area contributed by atoms with Crippen LogP contribution in [-0.4, -0.2) is 0 Å². The largest absolute Gasteiger partial charge is 0.120 e. The van der Waals surface area contributed by atoms with Gasteiger partial charge in [-0.1, -0.05) is 76.3 Å². The van der Waals surface area contributed by atoms with Crippen LogP contribution in [0.25, 0.3) is 6.08 Å². The van der Waals surface area contributed by atoms with Gasteiger partial charge in [0.05, 0.1) is 0 Å². The molecule has 0 unspecified atom stereocenters. The van der Waals surface area contributed by atoms with Crippen molar-refractivity contribution in [1.82, 2.24) is 0 Å². The average Bonchev–Trinajstić information content (AvgIpc) is 2.41. The molecule has 0 nitrogen and oxygen atoms in total. The summed E-state index contributed by atoms with van der Waals surface area (Å²) in [4.78, 5) is 0. The Balaban J connectivity index is 2.16. The fourth-order valence-electron chi connectivity index (χ4n) is 2.39. The summed E-state index contributed by atoms with van der Waals surface area (Å²) < 4.78 is 0. The monoisotopic (exact) mass is 276 g/mol. The zero-order valence-electron chi connectivity index (χ0n) is 13.5. The summed E-state index contributed by atoms with van der Waals surface area (Å²) >= 11 is 0. The maximum Gasteiger partial charge on any atom is 0.0210 e. The quantitative estimate of drug-likeness (QED) is 0.624. The molecule has 0 atom stereocenters. The molecule has 0 saturated carbocycles. The van der Waals surface area contributed by atoms with Crippen LogP contribution < -0.4 is 0 Å². The van der Waals surface area contributed by atoms with E-state index >= 15 is 0 Å². The number of hydrogen-bond donors (Lipinski definition) is 0. The zero-order chi connectivity index (χ0) is 15.5. The molecule has 0 amide bonds. The highest BCUT2D eigenvalue weighted by atomic mass is 14.2. The highest BCUT2D eigenvalue weighted by Crippen LogP contribution is 2.30. The van der Waals surface area contributed by atoms with E-state index in [4.69, 9.17) is 6.42 Å². The van der Waals surface area contributed by atoms with Crippen LogP contribution in [0, 0.1) is 17.8 Å². The second-order valence-electron chi connectivity index (χ2n) is 7.07. The molecule has 0 radical (unpaired) electrons. The molecule has 0 N–H and O–H groups in total. The van der Waals surface area contributed by atoms with Gasteiger partial charge in [-0.3, -0.25) is 0 Å². The first-order chi connectivity index (χ1) is 9.82. The van der Waals surface area contributed by atoms with Gasteiger partial charge in [0.15, 0.2) is 0 Å². The first-order valence-corrected chi connectivity index (χ1v) is 7.47. The Morgan fingerprint density at radius 2 is 1.67 bits per heavy atom. The van der Waals surface area contributed by atoms with Crippen LogP contribution in [0.4, 0.5) is 0 Å². The van der Waals surface area contributed by atoms with Crippen molar-refractivity contribution >= 4 is 6.08 Å². The second-order valence-corrected chi connectivity index (χ2v) is 7.07. The van der Waals surface area contributed by atoms with E-state index in [1.54, 1.807) is 0 Å². The molecule has 1 aliphatic rings. The average molecular weight is 276 g/mol. The number of rotatable bonds is 2. The van der Waals surface area contributed by atoms with E-state index in [1.165, 1.54) is 16.7 Å². The third kappa shape index (κ3) is 3.99. The van der Waals surface area contributed by atoms with Gasteiger partial charge in [-0.25, -0.2) is 0 Å². The molecule has 1 aliphatic carbocycles. The topological polar surface area (TPSA) is 0 Å². The van der Waals surface area contributed by atoms with Crippen LogP contribution in [-0.2, 0) is 5.41 Å². The Kier molecular flexibility index (Phi) is 4.24. The molecule has 21 heavy (non-hydrogen) atoms. The minimum Gasteiger partial charge on any atom is -0.120 e. The van der Waals surface area contributed by atoms with E-state index in [0.717, 1.165) is 6.42 Å². The Hall–Kier alpha value is -2.00. The molecule has 1 aromatic carbocycles. The summed E-state index contributed by atoms with van der Waals surface area (Å²) in [6, 6.07) is 8.80. The fraction of sp³-hybridized carbons (Fsp3) is 0.333. The molecule has 0 bridgehead atoms. The van der Waals surface area contributed by atoms with Gasteiger partial charge in [0.25, 0.3) is 0 Å². The molecule has 108 valence electrons. The van der Waals surface area contributed by atoms with Crippen LogP contribution in [0.15, 0.2) is 54.1 Å². The van der Waals surface area contributed by atoms with Crippen molar-refractivity contribution in [2.75, 3.05) is 0 Å². The highest BCUT2D eigenvalue weighted by Gasteiger charge is 2.18. The van der Waals surface area contributed by atoms with Crippen LogP contribution in [0.5, 0.6) is 0 Å². The second kappa shape index (κ2) is 5.78. The molecular formula is C21H24. The molecular weight excluding hydrogens is 252 g/mol. The number of benzene rings is 1. The lowest BCUT2D eigenvalue weighted by molar-refractivity contribution is 0.568. The number of hydrogen-bond acceptors (Lipinski definition) is 0. The van der Waals surface area contributed by atoms with E-state index in [9.17, 15) is 0 Å². The van der Waals surface area contributed by atoms with E-state index in [-0.39, 0.29) is 10.8 Å². The van der Waals surface area contributed by atoms with Crippen LogP contribution in [0.1, 0.15) is 45.2 Å². The van der Waals surface area contributed by atoms with Gasteiger partial charge in [0.2, 0.25) is 0 Å². The van der Waals surface area contributed by atoms with Gasteiger partial charge in [-0.2, -0.15) is 0 Å². The van der Waals surface area contributed by atoms with Crippen molar-refractivity contribution in [3.63, 3.8) is 0 Å². The standard InChI is InChI=1S/C21H24/c1-6-13-21(5)14-11-18(12-15-21)16-17-7-9-19(10-8-17)20(2,3)4/h1,7-12,14-16H,13H2,2-5H3. The first-order valence-electron chi connectivity index (χ1n) is 7.47. The van der Waals surface area contributed by atoms with Crippen molar-refractivity contribution in [3.8, 4) is 12.3 Å². The number of terminal acetylenes is 1. The lowest BCUT2D eigenvalue weighted by Crippen LogP contribution is -2.11. The summed E-state index contributed by atoms with van der Waals surface area (Å²) in [5, 5.41) is 0. The normalized spacial score (nSPS) is 21.2. The van der Waals surface area contributed by atoms with Gasteiger partial charge < -0.3 is 0 Å². The molecule has 0 heterocycles. The van der Waals surface area contributed by atoms with E-state index < -0.39 is 0 Å². The van der Waals surface area contributed by atoms with Gasteiger partial charge in [0.1, 0.15) is 0 Å². The van der Waals surface area contributed by atoms with Crippen molar-refractivity contribution in [2.24, 2.45) is 5.41 Å². The molecule has 0 spiro atoms. The molecule has 0 aliphatic heterocycles. The maximum absolute atomic E-state index is 5.42. The SMILES string of the molecule is C#CCC1(C)C=CC(=Cc2ccc(C(C)(C)C)cc2)C=C1. The summed E-state index contributed by atoms with van der Waals surface area (Å²) in [5.41, 5.74) is 4.01. The van der Waals surface area contributed by atoms with Gasteiger partial charge in [0, 0.05) is 11.8 Å². The van der Waals surface area contributed by atoms with Crippen molar-refractivity contribution in [3.05, 3.63) is 65.3 Å². The summed E-state index contributed by atoms with van der Waals surface area (Å²) in [6.07, 6.45) is 17.1. The van der Waals surface area contributed by atoms with Crippen molar-refractivity contribution in [1.29, 1.82) is 0 Å². The van der Waals surface area contributed by atoms with E-state index in [2.05, 4.69) is 88.3 Å². The summed E-state index contributed by atoms with van der Waals surface area (Å²) in [6.45, 7) is 8.87. The van der Waals surface area contributed by atoms with Gasteiger partial charge in [-0.05, 0) is 28.2 Å². The Morgan fingerprint density at radius 3 is 2.14 bits per heavy atom. The van der Waals surface area contributed by atoms with Gasteiger partial charge in [-0.15, -0.1) is 12.3 Å². The van der Waals surface area contributed by atoms with Crippen LogP contribution in [0.2, 0.25) is 0 Å². The Morgan fingerprint density at radius 1 is 1.10 bits per heavy atom. The highest BCUT2D eigenvalue weighted by molar-refractivity contribution is 5.61. The summed E-state index contributed by atoms with van der Waals surface area (Å²) in [5.74, 6) is 2.74. The molecule has 2 rings (SSSR count). The first kappa shape index (κ1) is 15.4. The molecule has 0 saturated heterocycles. The van der Waals surface area contributed by atoms with E-state index in [1.807, 2.05) is 0 Å². The molecule has 1 aromatic rings. The summed E-state index contributed by atoms with van der Waals surface area (Å²) in [7, 11) is 0. The Labute approximate surface area is 129 Å². The molecule has 0 heteroatoms. The van der Waals surface area contributed by atoms with Crippen molar-refractivity contribution < 1.29 is 0 Å². The predicted octanol–water partition coefficient (Wildman–Crippen LogP) is 5.52. The fourth-order valence-corrected chi connectivity index (χ4v) is 2.39. The van der Waals surface area contributed by atoms with Crippen LogP contribution in [0.3, 0.4) is 0 Å². The molecule has 0 aromatic heterocycles. The lowest BCUT2D eigenvalue weighted by atomic mass is 9.82. The Bertz CT molecular complexity index is 606. The van der Waals surface area contributed by atoms with E-state index in [0.29, 0.717) is 0 Å². The third-order valence-corrected chi connectivity index (χ3v) is 3.91. The lowest BCUT2D eigenvalue weighted by Gasteiger charge is -2.22. The minimum absolute atomic E-state index is 0.00216. The van der Waals surface area contributed by atoms with Crippen LogP contribution >= 0.6 is 0 Å².